The standard InChI is InChI=1S/C12H12I2S2/c1-3-13-5-9-7(1)11-12(15-9)8-2-4-14-6-10(8)16-11/h3-8,11-12H,1-2H2. The Morgan fingerprint density at radius 1 is 0.875 bits per heavy atom. The van der Waals surface area contributed by atoms with Crippen molar-refractivity contribution in [2.24, 2.45) is 11.8 Å². The molecule has 0 radical (unpaired) electrons. The minimum atomic E-state index is 0.307. The minimum Gasteiger partial charge on any atom is -0.125 e. The normalized spacial score (nSPS) is 44.5. The zero-order chi connectivity index (χ0) is 10.5. The summed E-state index contributed by atoms with van der Waals surface area (Å²) in [4.78, 5) is 3.55. The molecule has 0 N–H and O–H groups in total. The summed E-state index contributed by atoms with van der Waals surface area (Å²) in [6.45, 7) is 0. The van der Waals surface area contributed by atoms with Crippen LogP contribution in [-0.4, -0.2) is 18.5 Å². The molecule has 0 nitrogen and oxygen atoms in total. The Morgan fingerprint density at radius 2 is 1.38 bits per heavy atom. The van der Waals surface area contributed by atoms with Crippen molar-refractivity contribution in [3.05, 3.63) is 18.0 Å². The monoisotopic (exact) mass is 474 g/mol. The second-order valence-electron chi connectivity index (χ2n) is 4.43. The minimum absolute atomic E-state index is 0.307. The lowest BCUT2D eigenvalue weighted by Gasteiger charge is -2.17. The molecule has 2 saturated heterocycles. The van der Waals surface area contributed by atoms with Crippen LogP contribution in [0.5, 0.6) is 0 Å². The fourth-order valence-electron chi connectivity index (χ4n) is 2.79. The van der Waals surface area contributed by atoms with Crippen LogP contribution in [0.1, 0.15) is 12.8 Å². The third-order valence-corrected chi connectivity index (χ3v) is 11.9. The number of fused-ring (bicyclic) bond motifs is 5. The van der Waals surface area contributed by atoms with Crippen LogP contribution < -0.4 is 0 Å². The molecule has 0 amide bonds. The van der Waals surface area contributed by atoms with Crippen molar-refractivity contribution in [3.63, 3.8) is 0 Å². The maximum atomic E-state index is 2.60. The molecule has 16 heavy (non-hydrogen) atoms. The van der Waals surface area contributed by atoms with Gasteiger partial charge in [0.05, 0.1) is 0 Å². The van der Waals surface area contributed by atoms with Gasteiger partial charge in [0.25, 0.3) is 0 Å². The van der Waals surface area contributed by atoms with Crippen LogP contribution in [0, 0.1) is 11.8 Å². The van der Waals surface area contributed by atoms with Crippen LogP contribution in [0.4, 0.5) is 0 Å². The van der Waals surface area contributed by atoms with Crippen LogP contribution in [-0.2, 0) is 0 Å². The van der Waals surface area contributed by atoms with E-state index in [4.69, 9.17) is 0 Å². The SMILES string of the molecule is C1=IC=C2SC3C4CC=IC=C4SC3C2C1. The van der Waals surface area contributed by atoms with Gasteiger partial charge >= 0.3 is 0 Å². The van der Waals surface area contributed by atoms with Crippen molar-refractivity contribution < 1.29 is 0 Å². The summed E-state index contributed by atoms with van der Waals surface area (Å²) < 4.78 is 10.4. The lowest BCUT2D eigenvalue weighted by atomic mass is 9.92. The summed E-state index contributed by atoms with van der Waals surface area (Å²) in [5.41, 5.74) is 0. The Hall–Kier alpha value is 1.38. The summed E-state index contributed by atoms with van der Waals surface area (Å²) in [6, 6.07) is 0. The third-order valence-electron chi connectivity index (χ3n) is 3.60. The van der Waals surface area contributed by atoms with Gasteiger partial charge in [-0.05, 0) is 30.8 Å². The first-order valence-corrected chi connectivity index (χ1v) is 12.3. The van der Waals surface area contributed by atoms with Crippen molar-refractivity contribution in [3.8, 4) is 0 Å². The Labute approximate surface area is 125 Å². The van der Waals surface area contributed by atoms with E-state index in [0.717, 1.165) is 22.3 Å². The lowest BCUT2D eigenvalue weighted by Crippen LogP contribution is -2.22. The summed E-state index contributed by atoms with van der Waals surface area (Å²) in [7, 11) is 0. The molecule has 4 heterocycles. The molecule has 0 spiro atoms. The molecule has 2 fully saturated rings. The van der Waals surface area contributed by atoms with Crippen LogP contribution >= 0.6 is 65.0 Å². The fraction of sp³-hybridized carbons (Fsp3) is 0.500. The van der Waals surface area contributed by atoms with Gasteiger partial charge in [0.2, 0.25) is 0 Å². The second-order valence-corrected chi connectivity index (χ2v) is 11.4. The molecule has 0 aromatic heterocycles. The van der Waals surface area contributed by atoms with Gasteiger partial charge in [-0.3, -0.25) is 0 Å². The van der Waals surface area contributed by atoms with Crippen molar-refractivity contribution in [1.82, 2.24) is 0 Å². The van der Waals surface area contributed by atoms with Crippen LogP contribution in [0.2, 0.25) is 0 Å². The molecule has 0 bridgehead atoms. The van der Waals surface area contributed by atoms with Gasteiger partial charge in [-0.25, -0.2) is 0 Å². The molecule has 4 unspecified atom stereocenters. The van der Waals surface area contributed by atoms with E-state index in [1.165, 1.54) is 12.8 Å². The highest BCUT2D eigenvalue weighted by molar-refractivity contribution is 14.2. The quantitative estimate of drug-likeness (QED) is 0.475. The Kier molecular flexibility index (Phi) is 3.15. The molecular weight excluding hydrogens is 462 g/mol. The van der Waals surface area contributed by atoms with Crippen LogP contribution in [0.15, 0.2) is 18.0 Å². The van der Waals surface area contributed by atoms with Gasteiger partial charge in [-0.15, -0.1) is 23.5 Å². The molecule has 0 aromatic carbocycles. The van der Waals surface area contributed by atoms with Gasteiger partial charge in [-0.2, -0.15) is 0 Å². The summed E-state index contributed by atoms with van der Waals surface area (Å²) in [5, 5.41) is 1.84. The number of allylic oxidation sites excluding steroid dienone is 2. The smallest absolute Gasteiger partial charge is 0.0297 e. The molecule has 0 saturated carbocycles. The van der Waals surface area contributed by atoms with E-state index < -0.39 is 0 Å². The zero-order valence-electron chi connectivity index (χ0n) is 8.61. The van der Waals surface area contributed by atoms with Crippen LogP contribution in [0.3, 0.4) is 0 Å². The van der Waals surface area contributed by atoms with Gasteiger partial charge in [0, 0.05) is 22.3 Å². The number of thioether (sulfide) groups is 2. The fourth-order valence-corrected chi connectivity index (χ4v) is 11.7. The van der Waals surface area contributed by atoms with E-state index in [0.29, 0.717) is 41.5 Å². The second kappa shape index (κ2) is 4.49. The van der Waals surface area contributed by atoms with Gasteiger partial charge in [-0.1, -0.05) is 49.5 Å². The first kappa shape index (κ1) is 11.2. The number of rotatable bonds is 0. The lowest BCUT2D eigenvalue weighted by molar-refractivity contribution is 0.575. The Balaban J connectivity index is 1.69. The average Bonchev–Trinajstić information content (AvgIpc) is 2.85. The largest absolute Gasteiger partial charge is 0.125 e. The highest BCUT2D eigenvalue weighted by atomic mass is 127. The number of hydrogen-bond acceptors (Lipinski definition) is 2. The van der Waals surface area contributed by atoms with E-state index in [1.807, 2.05) is 0 Å². The highest BCUT2D eigenvalue weighted by Gasteiger charge is 2.50. The van der Waals surface area contributed by atoms with Gasteiger partial charge < -0.3 is 0 Å². The summed E-state index contributed by atoms with van der Waals surface area (Å²) in [5.74, 6) is 1.80. The average molecular weight is 474 g/mol. The molecule has 86 valence electrons. The third kappa shape index (κ3) is 1.69. The Morgan fingerprint density at radius 3 is 1.88 bits per heavy atom. The van der Waals surface area contributed by atoms with Crippen LogP contribution in [0.25, 0.3) is 0 Å². The van der Waals surface area contributed by atoms with Gasteiger partial charge in [0.15, 0.2) is 0 Å². The highest BCUT2D eigenvalue weighted by Crippen LogP contribution is 2.62. The molecule has 0 aliphatic carbocycles. The predicted octanol–water partition coefficient (Wildman–Crippen LogP) is 4.49. The van der Waals surface area contributed by atoms with E-state index in [9.17, 15) is 0 Å². The maximum absolute atomic E-state index is 2.60. The first-order chi connectivity index (χ1) is 7.93. The van der Waals surface area contributed by atoms with Gasteiger partial charge in [0.1, 0.15) is 0 Å². The number of halogens is 2. The molecular formula is C12H12I2S2. The molecule has 4 aliphatic rings. The zero-order valence-corrected chi connectivity index (χ0v) is 14.6. The predicted molar refractivity (Wildman–Crippen MR) is 95.3 cm³/mol. The molecule has 4 rings (SSSR count). The molecule has 4 atom stereocenters. The maximum Gasteiger partial charge on any atom is 0.0297 e. The summed E-state index contributed by atoms with van der Waals surface area (Å²) in [6.07, 6.45) is 2.78. The Bertz CT molecular complexity index is 408. The van der Waals surface area contributed by atoms with Crippen molar-refractivity contribution in [2.75, 3.05) is 0 Å². The van der Waals surface area contributed by atoms with E-state index in [2.05, 4.69) is 39.7 Å². The molecule has 4 heteroatoms. The van der Waals surface area contributed by atoms with Crippen molar-refractivity contribution >= 4 is 73.0 Å². The topological polar surface area (TPSA) is 0 Å². The van der Waals surface area contributed by atoms with E-state index in [-0.39, 0.29) is 0 Å². The van der Waals surface area contributed by atoms with E-state index >= 15 is 0 Å². The molecule has 4 aliphatic heterocycles. The first-order valence-electron chi connectivity index (χ1n) is 5.54. The van der Waals surface area contributed by atoms with Crippen molar-refractivity contribution in [1.29, 1.82) is 0 Å². The number of hydrogen-bond donors (Lipinski definition) is 0. The summed E-state index contributed by atoms with van der Waals surface area (Å²) >= 11 is 5.11. The molecule has 0 aromatic rings. The van der Waals surface area contributed by atoms with Crippen molar-refractivity contribution in [2.45, 2.75) is 23.3 Å². The van der Waals surface area contributed by atoms with E-state index in [1.54, 1.807) is 9.81 Å².